The van der Waals surface area contributed by atoms with Crippen molar-refractivity contribution in [1.82, 2.24) is 14.7 Å². The van der Waals surface area contributed by atoms with E-state index >= 15 is 0 Å². The number of fused-ring (bicyclic) bond motifs is 1. The molecule has 4 nitrogen and oxygen atoms in total. The molecule has 1 aliphatic heterocycles. The minimum atomic E-state index is 0.0292. The lowest BCUT2D eigenvalue weighted by Gasteiger charge is -2.32. The van der Waals surface area contributed by atoms with Crippen LogP contribution in [0.1, 0.15) is 25.7 Å². The Hall–Kier alpha value is -1.68. The van der Waals surface area contributed by atoms with E-state index < -0.39 is 0 Å². The molecule has 0 bridgehead atoms. The van der Waals surface area contributed by atoms with Gasteiger partial charge in [0.25, 0.3) is 5.56 Å². The van der Waals surface area contributed by atoms with Gasteiger partial charge < -0.3 is 4.90 Å². The van der Waals surface area contributed by atoms with E-state index in [4.69, 9.17) is 0 Å². The van der Waals surface area contributed by atoms with Gasteiger partial charge in [-0.1, -0.05) is 24.6 Å². The fourth-order valence-electron chi connectivity index (χ4n) is 3.07. The Kier molecular flexibility index (Phi) is 3.83. The van der Waals surface area contributed by atoms with Crippen molar-refractivity contribution in [3.05, 3.63) is 40.8 Å². The summed E-state index contributed by atoms with van der Waals surface area (Å²) in [7, 11) is 2.18. The lowest BCUT2D eigenvalue weighted by Crippen LogP contribution is -2.37. The zero-order valence-electron chi connectivity index (χ0n) is 12.0. The van der Waals surface area contributed by atoms with Crippen LogP contribution in [-0.2, 0) is 6.54 Å². The molecule has 0 unspecified atom stereocenters. The highest BCUT2D eigenvalue weighted by Gasteiger charge is 2.18. The summed E-state index contributed by atoms with van der Waals surface area (Å²) in [6.45, 7) is 1.88. The van der Waals surface area contributed by atoms with E-state index in [-0.39, 0.29) is 5.56 Å². The number of rotatable bonds is 3. The molecule has 1 aromatic carbocycles. The number of benzene rings is 1. The normalized spacial score (nSPS) is 20.4. The molecule has 0 N–H and O–H groups in total. The van der Waals surface area contributed by atoms with Crippen molar-refractivity contribution in [3.63, 3.8) is 0 Å². The lowest BCUT2D eigenvalue weighted by atomic mass is 10.0. The maximum Gasteiger partial charge on any atom is 0.274 e. The fraction of sp³-hybridized carbons (Fsp3) is 0.500. The quantitative estimate of drug-likeness (QED) is 0.859. The predicted octanol–water partition coefficient (Wildman–Crippen LogP) is 2.27. The van der Waals surface area contributed by atoms with Crippen LogP contribution in [0.4, 0.5) is 0 Å². The molecule has 4 heteroatoms. The standard InChI is InChI=1S/C16H21N3O/c1-18-10-5-4-7-14(18)9-11-19-16(20)15-8-3-2-6-13(15)12-17-19/h2-3,6,8,12,14H,4-5,7,9-11H2,1H3/t14-/m0/s1. The molecule has 0 aliphatic carbocycles. The third-order valence-corrected chi connectivity index (χ3v) is 4.36. The summed E-state index contributed by atoms with van der Waals surface area (Å²) in [5.74, 6) is 0. The number of likely N-dealkylation sites (tertiary alicyclic amines) is 1. The van der Waals surface area contributed by atoms with E-state index in [1.807, 2.05) is 24.3 Å². The van der Waals surface area contributed by atoms with Crippen LogP contribution in [0.2, 0.25) is 0 Å². The predicted molar refractivity (Wildman–Crippen MR) is 80.9 cm³/mol. The van der Waals surface area contributed by atoms with Crippen molar-refractivity contribution >= 4 is 10.8 Å². The molecule has 106 valence electrons. The van der Waals surface area contributed by atoms with Crippen LogP contribution in [-0.4, -0.2) is 34.3 Å². The highest BCUT2D eigenvalue weighted by molar-refractivity contribution is 5.80. The molecule has 0 spiro atoms. The van der Waals surface area contributed by atoms with E-state index in [1.165, 1.54) is 25.8 Å². The van der Waals surface area contributed by atoms with E-state index in [0.717, 1.165) is 17.2 Å². The van der Waals surface area contributed by atoms with Gasteiger partial charge >= 0.3 is 0 Å². The van der Waals surface area contributed by atoms with Gasteiger partial charge in [-0.05, 0) is 38.9 Å². The summed E-state index contributed by atoms with van der Waals surface area (Å²) < 4.78 is 1.62. The maximum absolute atomic E-state index is 12.4. The zero-order chi connectivity index (χ0) is 13.9. The molecule has 1 saturated heterocycles. The summed E-state index contributed by atoms with van der Waals surface area (Å²) >= 11 is 0. The molecule has 0 saturated carbocycles. The van der Waals surface area contributed by atoms with Gasteiger partial charge in [-0.15, -0.1) is 0 Å². The van der Waals surface area contributed by atoms with Crippen LogP contribution < -0.4 is 5.56 Å². The number of hydrogen-bond donors (Lipinski definition) is 0. The number of aryl methyl sites for hydroxylation is 1. The molecule has 20 heavy (non-hydrogen) atoms. The Morgan fingerprint density at radius 2 is 2.15 bits per heavy atom. The molecular formula is C16H21N3O. The van der Waals surface area contributed by atoms with Gasteiger partial charge in [-0.25, -0.2) is 4.68 Å². The van der Waals surface area contributed by atoms with Gasteiger partial charge in [0.05, 0.1) is 11.6 Å². The Labute approximate surface area is 119 Å². The molecule has 2 aromatic rings. The summed E-state index contributed by atoms with van der Waals surface area (Å²) in [6.07, 6.45) is 6.62. The summed E-state index contributed by atoms with van der Waals surface area (Å²) in [6, 6.07) is 8.24. The highest BCUT2D eigenvalue weighted by Crippen LogP contribution is 2.18. The number of nitrogens with zero attached hydrogens (tertiary/aromatic N) is 3. The molecule has 1 aromatic heterocycles. The molecule has 2 heterocycles. The minimum Gasteiger partial charge on any atom is -0.303 e. The monoisotopic (exact) mass is 271 g/mol. The van der Waals surface area contributed by atoms with Crippen LogP contribution in [0.3, 0.4) is 0 Å². The summed E-state index contributed by atoms with van der Waals surface area (Å²) in [5.41, 5.74) is 0.0292. The first-order valence-electron chi connectivity index (χ1n) is 7.41. The van der Waals surface area contributed by atoms with Crippen molar-refractivity contribution in [2.24, 2.45) is 0 Å². The van der Waals surface area contributed by atoms with Crippen LogP contribution in [0, 0.1) is 0 Å². The van der Waals surface area contributed by atoms with Gasteiger partial charge in [0.15, 0.2) is 0 Å². The van der Waals surface area contributed by atoms with Crippen molar-refractivity contribution in [2.45, 2.75) is 38.3 Å². The van der Waals surface area contributed by atoms with Gasteiger partial charge in [-0.2, -0.15) is 5.10 Å². The van der Waals surface area contributed by atoms with Gasteiger partial charge in [0.1, 0.15) is 0 Å². The van der Waals surface area contributed by atoms with E-state index in [2.05, 4.69) is 17.0 Å². The third-order valence-electron chi connectivity index (χ3n) is 4.36. The third kappa shape index (κ3) is 2.61. The molecule has 1 aliphatic rings. The lowest BCUT2D eigenvalue weighted by molar-refractivity contribution is 0.169. The first-order valence-corrected chi connectivity index (χ1v) is 7.41. The van der Waals surface area contributed by atoms with Crippen molar-refractivity contribution in [1.29, 1.82) is 0 Å². The number of piperidine rings is 1. The largest absolute Gasteiger partial charge is 0.303 e. The minimum absolute atomic E-state index is 0.0292. The van der Waals surface area contributed by atoms with Gasteiger partial charge in [0.2, 0.25) is 0 Å². The van der Waals surface area contributed by atoms with Crippen molar-refractivity contribution < 1.29 is 0 Å². The van der Waals surface area contributed by atoms with Crippen molar-refractivity contribution in [2.75, 3.05) is 13.6 Å². The molecule has 3 rings (SSSR count). The Balaban J connectivity index is 1.77. The first-order chi connectivity index (χ1) is 9.75. The van der Waals surface area contributed by atoms with Crippen LogP contribution in [0.15, 0.2) is 35.3 Å². The second-order valence-corrected chi connectivity index (χ2v) is 5.68. The number of hydrogen-bond acceptors (Lipinski definition) is 3. The Morgan fingerprint density at radius 1 is 1.30 bits per heavy atom. The summed E-state index contributed by atoms with van der Waals surface area (Å²) in [5, 5.41) is 5.98. The van der Waals surface area contributed by atoms with Crippen LogP contribution in [0.25, 0.3) is 10.8 Å². The second-order valence-electron chi connectivity index (χ2n) is 5.68. The molecule has 1 fully saturated rings. The molecule has 0 radical (unpaired) electrons. The van der Waals surface area contributed by atoms with Gasteiger partial charge in [0, 0.05) is 18.0 Å². The second kappa shape index (κ2) is 5.75. The Morgan fingerprint density at radius 3 is 3.00 bits per heavy atom. The maximum atomic E-state index is 12.4. The zero-order valence-corrected chi connectivity index (χ0v) is 12.0. The van der Waals surface area contributed by atoms with E-state index in [1.54, 1.807) is 10.9 Å². The topological polar surface area (TPSA) is 38.1 Å². The van der Waals surface area contributed by atoms with Crippen LogP contribution in [0.5, 0.6) is 0 Å². The average Bonchev–Trinajstić information content (AvgIpc) is 2.48. The average molecular weight is 271 g/mol. The number of aromatic nitrogens is 2. The Bertz CT molecular complexity index is 649. The van der Waals surface area contributed by atoms with E-state index in [9.17, 15) is 4.79 Å². The molecular weight excluding hydrogens is 250 g/mol. The smallest absolute Gasteiger partial charge is 0.274 e. The first kappa shape index (κ1) is 13.3. The SMILES string of the molecule is CN1CCCC[C@H]1CCn1ncc2ccccc2c1=O. The summed E-state index contributed by atoms with van der Waals surface area (Å²) in [4.78, 5) is 14.8. The van der Waals surface area contributed by atoms with Crippen molar-refractivity contribution in [3.8, 4) is 0 Å². The molecule has 1 atom stereocenters. The van der Waals surface area contributed by atoms with E-state index in [0.29, 0.717) is 12.6 Å². The fourth-order valence-corrected chi connectivity index (χ4v) is 3.07. The van der Waals surface area contributed by atoms with Gasteiger partial charge in [-0.3, -0.25) is 4.79 Å². The molecule has 0 amide bonds. The van der Waals surface area contributed by atoms with Crippen LogP contribution >= 0.6 is 0 Å². The highest BCUT2D eigenvalue weighted by atomic mass is 16.1.